The molecule has 0 unspecified atom stereocenters. The fourth-order valence-electron chi connectivity index (χ4n) is 9.79. The molecule has 2 fully saturated rings. The summed E-state index contributed by atoms with van der Waals surface area (Å²) in [5.41, 5.74) is 17.5. The third kappa shape index (κ3) is 26.0. The molecule has 16 atom stereocenters. The topological polar surface area (TPSA) is 559 Å². The van der Waals surface area contributed by atoms with E-state index in [4.69, 9.17) is 36.1 Å². The highest BCUT2D eigenvalue weighted by Gasteiger charge is 2.52. The standard InChI is InChI=1S/C59H92N12O22S/c1-28(2)21-39(56(88)89)68-43(78)25-65-52(84)36(16-19-94-20-18-90-57-45(66-30(5)74)50(47(80)41(27-73)91-57)93-58-49(82)48(81)46(79)40(26-72)92-58)69-53(85)38(23-32-10-14-34(76)15-11-32)70-55(87)44(29(3)4)71-54(86)37(22-31-8-12-33(75)13-9-31)67-42(77)24-64-51(83)35(60)7-6-17-63-59(61)62/h8-15,28-29,35-41,44-50,57-58,72-73,75-76,79-82H,6-7,16-27,60H2,1-5H3,(H,64,83)(H,65,84)(H,66,74)(H,67,77)(H,68,78)(H,69,85)(H,70,87)(H,71,86)(H,88,89)(H4,61,62,63)/t35-,36-,37-,38-,39-,40+,41+,44-,45+,46-,47-,48-,49+,50+,57-,58-/m0/s1. The van der Waals surface area contributed by atoms with Crippen LogP contribution in [0.25, 0.3) is 0 Å². The quantitative estimate of drug-likeness (QED) is 0.0169. The molecular formula is C59H92N12O22S. The molecule has 0 bridgehead atoms. The number of aromatic hydroxyl groups is 2. The number of carboxylic acids is 1. The molecule has 0 aliphatic carbocycles. The number of ether oxygens (including phenoxy) is 4. The number of rotatable bonds is 38. The zero-order valence-corrected chi connectivity index (χ0v) is 53.6. The summed E-state index contributed by atoms with van der Waals surface area (Å²) in [5, 5.41) is 113. The van der Waals surface area contributed by atoms with Gasteiger partial charge in [-0.2, -0.15) is 11.8 Å². The van der Waals surface area contributed by atoms with Gasteiger partial charge in [0.25, 0.3) is 0 Å². The number of nitrogens with two attached hydrogens (primary N) is 3. The number of aliphatic hydroxyl groups is 6. The first-order valence-electron chi connectivity index (χ1n) is 30.4. The number of carbonyl (C=O) groups excluding carboxylic acids is 8. The number of phenolic OH excluding ortho intramolecular Hbond substituents is 2. The fraction of sp³-hybridized carbons (Fsp3) is 0.627. The maximum atomic E-state index is 14.7. The van der Waals surface area contributed by atoms with Crippen molar-refractivity contribution in [1.29, 1.82) is 0 Å². The second-order valence-corrected chi connectivity index (χ2v) is 24.5. The van der Waals surface area contributed by atoms with Crippen LogP contribution in [0.1, 0.15) is 71.4 Å². The zero-order valence-electron chi connectivity index (χ0n) is 52.8. The molecule has 35 heteroatoms. The normalized spacial score (nSPS) is 23.0. The predicted octanol–water partition coefficient (Wildman–Crippen LogP) is -6.39. The van der Waals surface area contributed by atoms with Crippen molar-refractivity contribution in [3.05, 3.63) is 59.7 Å². The number of benzene rings is 2. The molecule has 34 nitrogen and oxygen atoms in total. The molecule has 2 aliphatic rings. The van der Waals surface area contributed by atoms with Crippen LogP contribution in [0.5, 0.6) is 11.5 Å². The molecule has 2 aliphatic heterocycles. The lowest BCUT2D eigenvalue weighted by molar-refractivity contribution is -0.344. The lowest BCUT2D eigenvalue weighted by atomic mass is 9.95. The molecule has 0 aromatic heterocycles. The minimum atomic E-state index is -1.92. The van der Waals surface area contributed by atoms with E-state index in [1.807, 2.05) is 0 Å². The summed E-state index contributed by atoms with van der Waals surface area (Å²) in [5.74, 6) is -9.09. The van der Waals surface area contributed by atoms with Crippen molar-refractivity contribution in [2.45, 2.75) is 171 Å². The first kappa shape index (κ1) is 78.9. The minimum Gasteiger partial charge on any atom is -0.508 e. The lowest BCUT2D eigenvalue weighted by Crippen LogP contribution is -2.68. The van der Waals surface area contributed by atoms with Crippen LogP contribution in [0.2, 0.25) is 0 Å². The van der Waals surface area contributed by atoms with Gasteiger partial charge >= 0.3 is 5.97 Å². The van der Waals surface area contributed by atoms with Gasteiger partial charge < -0.3 is 125 Å². The van der Waals surface area contributed by atoms with Crippen molar-refractivity contribution in [3.8, 4) is 11.5 Å². The van der Waals surface area contributed by atoms with Gasteiger partial charge in [-0.1, -0.05) is 52.0 Å². The first-order chi connectivity index (χ1) is 44.4. The van der Waals surface area contributed by atoms with Crippen molar-refractivity contribution >= 4 is 70.9 Å². The van der Waals surface area contributed by atoms with E-state index >= 15 is 0 Å². The Bertz CT molecular complexity index is 2820. The highest BCUT2D eigenvalue weighted by molar-refractivity contribution is 7.99. The van der Waals surface area contributed by atoms with Crippen molar-refractivity contribution in [1.82, 2.24) is 42.5 Å². The molecule has 0 radical (unpaired) electrons. The lowest BCUT2D eigenvalue weighted by Gasteiger charge is -2.47. The number of hydrogen-bond donors (Lipinski definition) is 20. The number of carboxylic acid groups (broad SMARTS) is 1. The van der Waals surface area contributed by atoms with Crippen LogP contribution in [0.3, 0.4) is 0 Å². The number of thioether (sulfide) groups is 1. The summed E-state index contributed by atoms with van der Waals surface area (Å²) in [6, 6.07) is 1.70. The highest BCUT2D eigenvalue weighted by atomic mass is 32.2. The smallest absolute Gasteiger partial charge is 0.326 e. The number of aliphatic carboxylic acids is 1. The monoisotopic (exact) mass is 1350 g/mol. The van der Waals surface area contributed by atoms with Crippen molar-refractivity contribution in [3.63, 3.8) is 0 Å². The molecule has 2 heterocycles. The Morgan fingerprint density at radius 3 is 1.68 bits per heavy atom. The molecular weight excluding hydrogens is 1260 g/mol. The molecule has 2 aromatic rings. The van der Waals surface area contributed by atoms with Crippen LogP contribution in [-0.4, -0.2) is 254 Å². The van der Waals surface area contributed by atoms with Gasteiger partial charge in [0.1, 0.15) is 90.5 Å². The number of nitrogens with one attached hydrogen (secondary N) is 8. The second-order valence-electron chi connectivity index (χ2n) is 23.3. The summed E-state index contributed by atoms with van der Waals surface area (Å²) >= 11 is 1.16. The number of aliphatic hydroxyl groups excluding tert-OH is 6. The van der Waals surface area contributed by atoms with Crippen LogP contribution in [0.4, 0.5) is 0 Å². The van der Waals surface area contributed by atoms with E-state index in [9.17, 15) is 89.1 Å². The Kier molecular flexibility index (Phi) is 33.0. The van der Waals surface area contributed by atoms with Gasteiger partial charge in [0.2, 0.25) is 47.3 Å². The number of carbonyl (C=O) groups is 9. The van der Waals surface area contributed by atoms with E-state index < -0.39 is 183 Å². The van der Waals surface area contributed by atoms with Gasteiger partial charge in [0.15, 0.2) is 18.5 Å². The van der Waals surface area contributed by atoms with Crippen molar-refractivity contribution in [2.24, 2.45) is 34.0 Å². The van der Waals surface area contributed by atoms with Crippen molar-refractivity contribution in [2.75, 3.05) is 51.0 Å². The molecule has 0 spiro atoms. The van der Waals surface area contributed by atoms with Crippen LogP contribution >= 0.6 is 11.8 Å². The number of amides is 8. The average Bonchev–Trinajstić information content (AvgIpc) is 0.828. The highest BCUT2D eigenvalue weighted by Crippen LogP contribution is 2.30. The number of phenols is 2. The van der Waals surface area contributed by atoms with E-state index in [0.29, 0.717) is 17.5 Å². The van der Waals surface area contributed by atoms with Gasteiger partial charge in [0, 0.05) is 32.1 Å². The van der Waals surface area contributed by atoms with E-state index in [-0.39, 0.29) is 80.1 Å². The largest absolute Gasteiger partial charge is 0.508 e. The number of hydrogen-bond acceptors (Lipinski definition) is 24. The van der Waals surface area contributed by atoms with E-state index in [2.05, 4.69) is 47.5 Å². The second kappa shape index (κ2) is 39.3. The Balaban J connectivity index is 1.57. The molecule has 8 amide bonds. The zero-order chi connectivity index (χ0) is 69.9. The summed E-state index contributed by atoms with van der Waals surface area (Å²) in [6.07, 6.45) is -15.0. The average molecular weight is 1350 g/mol. The fourth-order valence-corrected chi connectivity index (χ4v) is 10.6. The molecule has 0 saturated carbocycles. The van der Waals surface area contributed by atoms with E-state index in [1.165, 1.54) is 48.5 Å². The third-order valence-electron chi connectivity index (χ3n) is 14.8. The van der Waals surface area contributed by atoms with Gasteiger partial charge in [-0.3, -0.25) is 43.3 Å². The Morgan fingerprint density at radius 2 is 1.15 bits per heavy atom. The maximum absolute atomic E-state index is 14.7. The van der Waals surface area contributed by atoms with Crippen molar-refractivity contribution < 1.29 is 108 Å². The Hall–Kier alpha value is -7.55. The van der Waals surface area contributed by atoms with Crippen LogP contribution in [0, 0.1) is 11.8 Å². The minimum absolute atomic E-state index is 0.0465. The summed E-state index contributed by atoms with van der Waals surface area (Å²) in [7, 11) is 0. The van der Waals surface area contributed by atoms with Gasteiger partial charge in [-0.15, -0.1) is 0 Å². The van der Waals surface area contributed by atoms with Crippen LogP contribution in [-0.2, 0) is 74.9 Å². The first-order valence-corrected chi connectivity index (χ1v) is 31.6. The molecule has 23 N–H and O–H groups in total. The SMILES string of the molecule is CC(=O)N[C@H]1[C@@H](OCCSCC[C@H](NC(=O)[C@H](Cc2ccc(O)cc2)NC(=O)[C@@H](NC(=O)[C@H](Cc2ccc(O)cc2)NC(=O)CNC(=O)[C@@H](N)CCCN=C(N)N)C(C)C)C(=O)NCC(=O)N[C@@H](CC(C)C)C(=O)O)O[C@H](CO)[C@H](O)[C@@H]1O[C@@H]1O[C@H](CO)[C@H](O)[C@H](O)[C@H]1O. The van der Waals surface area contributed by atoms with E-state index in [0.717, 1.165) is 18.7 Å². The number of aliphatic imine (C=N–C) groups is 1. The predicted molar refractivity (Wildman–Crippen MR) is 335 cm³/mol. The Morgan fingerprint density at radius 1 is 0.628 bits per heavy atom. The van der Waals surface area contributed by atoms with Gasteiger partial charge in [0.05, 0.1) is 39.0 Å². The number of nitrogens with zero attached hydrogens (tertiary/aromatic N) is 1. The van der Waals surface area contributed by atoms with E-state index in [1.54, 1.807) is 27.7 Å². The molecule has 4 rings (SSSR count). The summed E-state index contributed by atoms with van der Waals surface area (Å²) < 4.78 is 23.1. The molecule has 2 aromatic carbocycles. The maximum Gasteiger partial charge on any atom is 0.326 e. The Labute approximate surface area is 546 Å². The molecule has 2 saturated heterocycles. The summed E-state index contributed by atoms with van der Waals surface area (Å²) in [6.45, 7) is 4.83. The van der Waals surface area contributed by atoms with Gasteiger partial charge in [-0.25, -0.2) is 4.79 Å². The molecule has 526 valence electrons. The van der Waals surface area contributed by atoms with Crippen LogP contribution in [0.15, 0.2) is 53.5 Å². The number of guanidine groups is 1. The molecule has 94 heavy (non-hydrogen) atoms. The summed E-state index contributed by atoms with van der Waals surface area (Å²) in [4.78, 5) is 125. The third-order valence-corrected chi connectivity index (χ3v) is 15.8. The van der Waals surface area contributed by atoms with Gasteiger partial charge in [-0.05, 0) is 78.7 Å². The van der Waals surface area contributed by atoms with Crippen LogP contribution < -0.4 is 59.7 Å².